The minimum absolute atomic E-state index is 0.0735. The van der Waals surface area contributed by atoms with Gasteiger partial charge in [0.1, 0.15) is 36.5 Å². The molecule has 294 valence electrons. The van der Waals surface area contributed by atoms with Gasteiger partial charge in [0, 0.05) is 24.9 Å². The number of hydrogen-bond donors (Lipinski definition) is 9. The van der Waals surface area contributed by atoms with Crippen molar-refractivity contribution in [3.63, 3.8) is 0 Å². The quantitative estimate of drug-likeness (QED) is 0.0498. The number of nitrogen functional groups attached to an aromatic ring is 1. The van der Waals surface area contributed by atoms with Gasteiger partial charge in [0.05, 0.1) is 19.3 Å². The number of phosphoric acid groups is 4. The summed E-state index contributed by atoms with van der Waals surface area (Å²) in [6.45, 7) is -1.87. The van der Waals surface area contributed by atoms with E-state index in [1.807, 2.05) is 4.98 Å². The molecule has 2 fully saturated rings. The summed E-state index contributed by atoms with van der Waals surface area (Å²) in [5.74, 6) is 11.2. The maximum atomic E-state index is 13.2. The predicted molar refractivity (Wildman–Crippen MR) is 156 cm³/mol. The van der Waals surface area contributed by atoms with Gasteiger partial charge in [-0.25, -0.2) is 51.4 Å². The number of anilines is 1. The first-order chi connectivity index (χ1) is 24.3. The van der Waals surface area contributed by atoms with Crippen molar-refractivity contribution in [3.05, 3.63) is 55.8 Å². The second-order valence-electron chi connectivity index (χ2n) is 10.2. The molecular weight excluding hydrogens is 802 g/mol. The summed E-state index contributed by atoms with van der Waals surface area (Å²) in [6, 6.07) is 2.21. The summed E-state index contributed by atoms with van der Waals surface area (Å²) in [5, 5.41) is 31.2. The van der Waals surface area contributed by atoms with Gasteiger partial charge < -0.3 is 30.5 Å². The van der Waals surface area contributed by atoms with E-state index in [1.54, 1.807) is 0 Å². The van der Waals surface area contributed by atoms with E-state index < -0.39 is 104 Å². The van der Waals surface area contributed by atoms with Crippen LogP contribution < -0.4 is 46.3 Å². The molecule has 11 atom stereocenters. The molecule has 52 heavy (non-hydrogen) atoms. The molecule has 0 amide bonds. The van der Waals surface area contributed by atoms with E-state index in [0.29, 0.717) is 0 Å². The van der Waals surface area contributed by atoms with Gasteiger partial charge in [-0.15, -0.1) is 0 Å². The lowest BCUT2D eigenvalue weighted by Crippen LogP contribution is -2.50. The number of nitrogens with zero attached hydrogens (tertiary/aromatic N) is 3. The van der Waals surface area contributed by atoms with Crippen LogP contribution in [0.25, 0.3) is 0 Å². The second kappa shape index (κ2) is 16.9. The lowest BCUT2D eigenvalue weighted by Gasteiger charge is -2.22. The van der Waals surface area contributed by atoms with Gasteiger partial charge in [-0.3, -0.25) is 28.0 Å². The molecule has 2 saturated heterocycles. The van der Waals surface area contributed by atoms with E-state index in [-0.39, 0.29) is 12.2 Å². The molecule has 0 radical (unpaired) electrons. The summed E-state index contributed by atoms with van der Waals surface area (Å²) < 4.78 is 106. The summed E-state index contributed by atoms with van der Waals surface area (Å²) in [4.78, 5) is 41.0. The molecule has 4 unspecified atom stereocenters. The Hall–Kier alpha value is -2.44. The van der Waals surface area contributed by atoms with Crippen molar-refractivity contribution in [1.82, 2.24) is 19.1 Å². The van der Waals surface area contributed by atoms with E-state index in [2.05, 4.69) is 60.0 Å². The minimum Gasteiger partial charge on any atom is -0.390 e. The van der Waals surface area contributed by atoms with Gasteiger partial charge >= 0.3 is 42.7 Å². The summed E-state index contributed by atoms with van der Waals surface area (Å²) >= 11 is 0. The first kappa shape index (κ1) is 42.3. The Morgan fingerprint density at radius 3 is 1.83 bits per heavy atom. The fourth-order valence-corrected chi connectivity index (χ4v) is 10.4. The standard InChI is InChI=1S/C18H33N9O21P4/c19-11-1-3-26(17(32)24-11)13-5-8(28)9(40-13)6-38-49(34,42-20)46-51(36,44-22)48-52(37,45-23)47-50(35,43-21)39-7-10-14(30)15(31)16(41-10)27-4-2-12(29)25-18(27)33/h1-4,8-10,13-16,28,30-31H,5-7H2,20-23H3,(H-2,19,24,25,29,32,33)/q+2/p+2/t8-,9+,10+,13+,14+,15+,16+,49?,50?,51?,52?/m0/s1. The topological polar surface area (TPSA) is 457 Å². The summed E-state index contributed by atoms with van der Waals surface area (Å²) in [5.41, 5.74) is 2.86. The molecule has 2 aliphatic heterocycles. The van der Waals surface area contributed by atoms with Crippen molar-refractivity contribution in [2.45, 2.75) is 49.4 Å². The molecule has 34 heteroatoms. The van der Waals surface area contributed by atoms with Gasteiger partial charge in [0.2, 0.25) is 0 Å². The van der Waals surface area contributed by atoms with E-state index in [0.717, 1.165) is 21.4 Å². The average Bonchev–Trinajstić information content (AvgIpc) is 3.60. The zero-order chi connectivity index (χ0) is 38.6. The van der Waals surface area contributed by atoms with Gasteiger partial charge in [0.15, 0.2) is 6.23 Å². The van der Waals surface area contributed by atoms with Crippen molar-refractivity contribution < 1.29 is 107 Å². The lowest BCUT2D eigenvalue weighted by atomic mass is 10.1. The Morgan fingerprint density at radius 1 is 0.788 bits per heavy atom. The highest BCUT2D eigenvalue weighted by Gasteiger charge is 2.55. The smallest absolute Gasteiger partial charge is 0.390 e. The third kappa shape index (κ3) is 10.00. The minimum atomic E-state index is -5.65. The van der Waals surface area contributed by atoms with E-state index in [1.165, 1.54) is 12.3 Å². The van der Waals surface area contributed by atoms with Crippen LogP contribution in [0.5, 0.6) is 0 Å². The number of nitrogens with two attached hydrogens (primary N) is 1. The number of aliphatic hydroxyl groups excluding tert-OH is 3. The molecular formula is C18H35N9O21P4+4. The van der Waals surface area contributed by atoms with Gasteiger partial charge in [-0.2, -0.15) is 17.9 Å². The van der Waals surface area contributed by atoms with Crippen LogP contribution in [0.3, 0.4) is 0 Å². The predicted octanol–water partition coefficient (Wildman–Crippen LogP) is -6.15. The fraction of sp³-hybridized carbons (Fsp3) is 0.556. The Labute approximate surface area is 287 Å². The molecule has 18 N–H and O–H groups in total. The van der Waals surface area contributed by atoms with E-state index in [9.17, 15) is 48.0 Å². The van der Waals surface area contributed by atoms with Crippen LogP contribution in [0.2, 0.25) is 0 Å². The monoisotopic (exact) mass is 837 g/mol. The van der Waals surface area contributed by atoms with Crippen LogP contribution in [0.1, 0.15) is 18.9 Å². The molecule has 0 aromatic carbocycles. The molecule has 4 rings (SSSR count). The highest BCUT2D eigenvalue weighted by atomic mass is 31.3. The van der Waals surface area contributed by atoms with Crippen LogP contribution in [0.4, 0.5) is 5.82 Å². The molecule has 0 bridgehead atoms. The number of nitrogens with one attached hydrogen (secondary N) is 1. The second-order valence-corrected chi connectivity index (χ2v) is 17.3. The van der Waals surface area contributed by atoms with Crippen molar-refractivity contribution in [3.8, 4) is 0 Å². The molecule has 4 heterocycles. The molecule has 0 saturated carbocycles. The fourth-order valence-electron chi connectivity index (χ4n) is 4.40. The first-order valence-corrected chi connectivity index (χ1v) is 19.8. The maximum absolute atomic E-state index is 13.2. The third-order valence-corrected chi connectivity index (χ3v) is 13.9. The number of aromatic amines is 1. The zero-order valence-corrected chi connectivity index (χ0v) is 29.8. The van der Waals surface area contributed by atoms with Crippen LogP contribution in [-0.4, -0.2) is 78.2 Å². The third-order valence-electron chi connectivity index (χ3n) is 6.85. The lowest BCUT2D eigenvalue weighted by molar-refractivity contribution is -0.650. The number of quaternary nitrogens is 4. The Kier molecular flexibility index (Phi) is 13.8. The number of H-pyrrole nitrogens is 1. The Bertz CT molecular complexity index is 1950. The molecule has 30 nitrogen and oxygen atoms in total. The molecule has 0 spiro atoms. The molecule has 2 aromatic heterocycles. The Morgan fingerprint density at radius 2 is 1.31 bits per heavy atom. The van der Waals surface area contributed by atoms with Crippen molar-refractivity contribution in [1.29, 1.82) is 0 Å². The molecule has 2 aliphatic rings. The van der Waals surface area contributed by atoms with Crippen LogP contribution in [0, 0.1) is 0 Å². The number of hydrogen-bond acceptors (Lipinski definition) is 23. The van der Waals surface area contributed by atoms with Crippen LogP contribution >= 0.6 is 31.3 Å². The highest BCUT2D eigenvalue weighted by Crippen LogP contribution is 2.75. The van der Waals surface area contributed by atoms with Crippen LogP contribution in [-0.2, 0) is 68.2 Å². The number of ether oxygens (including phenoxy) is 2. The van der Waals surface area contributed by atoms with Crippen molar-refractivity contribution in [2.75, 3.05) is 18.9 Å². The number of rotatable bonds is 18. The van der Waals surface area contributed by atoms with Gasteiger partial charge in [-0.05, 0) is 6.07 Å². The normalized spacial score (nSPS) is 29.6. The molecule has 0 aliphatic carbocycles. The van der Waals surface area contributed by atoms with Crippen LogP contribution in [0.15, 0.2) is 38.9 Å². The molecule has 2 aromatic rings. The highest BCUT2D eigenvalue weighted by molar-refractivity contribution is 7.70. The summed E-state index contributed by atoms with van der Waals surface area (Å²) in [6.07, 6.45) is -8.57. The van der Waals surface area contributed by atoms with E-state index in [4.69, 9.17) is 24.3 Å². The van der Waals surface area contributed by atoms with Gasteiger partial charge in [-0.1, -0.05) is 18.5 Å². The number of aliphatic hydroxyl groups is 3. The zero-order valence-electron chi connectivity index (χ0n) is 26.2. The number of aromatic nitrogens is 4. The van der Waals surface area contributed by atoms with E-state index >= 15 is 0 Å². The van der Waals surface area contributed by atoms with Crippen molar-refractivity contribution in [2.24, 2.45) is 0 Å². The first-order valence-electron chi connectivity index (χ1n) is 13.9. The van der Waals surface area contributed by atoms with Crippen molar-refractivity contribution >= 4 is 37.1 Å². The largest absolute Gasteiger partial charge is 0.538 e. The maximum Gasteiger partial charge on any atom is 0.538 e. The van der Waals surface area contributed by atoms with Gasteiger partial charge in [0.25, 0.3) is 5.56 Å². The SMILES string of the molecule is Nc1ccn([C@H]2C[C@H](O)[C@@H](COP(=O)(O[NH3+])OP(=O)(O[NH3+])OP(=O)(O[NH3+])OP(=O)(O[NH3+])OC[C@H]3O[C@@H](n4ccc(=O)[nH]c4=O)[C@H](O)[C@@H]3O)O2)c(=O)n1. The average molecular weight is 837 g/mol. The Balaban J connectivity index is 1.40. The summed E-state index contributed by atoms with van der Waals surface area (Å²) in [7, 11) is -21.8.